The highest BCUT2D eigenvalue weighted by Gasteiger charge is 2.55. The van der Waals surface area contributed by atoms with E-state index in [1.165, 1.54) is 61.7 Å². The number of diazo groups is 1. The van der Waals surface area contributed by atoms with E-state index in [0.717, 1.165) is 4.57 Å². The molecule has 20 nitrogen and oxygen atoms in total. The summed E-state index contributed by atoms with van der Waals surface area (Å²) in [6.07, 6.45) is -0.908. The Morgan fingerprint density at radius 3 is 1.93 bits per heavy atom. The van der Waals surface area contributed by atoms with Crippen molar-refractivity contribution in [1.29, 1.82) is 5.39 Å². The number of ether oxygens (including phenoxy) is 3. The second kappa shape index (κ2) is 18.9. The summed E-state index contributed by atoms with van der Waals surface area (Å²) < 4.78 is 44.1. The number of esters is 2. The summed E-state index contributed by atoms with van der Waals surface area (Å²) in [7, 11) is -9.79. The number of benzene rings is 2. The van der Waals surface area contributed by atoms with Crippen LogP contribution < -0.4 is 41.8 Å². The Balaban J connectivity index is 1.50. The smallest absolute Gasteiger partial charge is 0.502 e. The maximum atomic E-state index is 14.1. The monoisotopic (exact) mass is 795 g/mol. The first-order valence-electron chi connectivity index (χ1n) is 16.5. The van der Waals surface area contributed by atoms with Gasteiger partial charge >= 0.3 is 39.1 Å². The van der Waals surface area contributed by atoms with Gasteiger partial charge in [-0.15, -0.1) is 0 Å². The van der Waals surface area contributed by atoms with Crippen molar-refractivity contribution in [1.82, 2.24) is 15.0 Å². The second-order valence-electron chi connectivity index (χ2n) is 12.5. The standard InChI is InChI=1S/C32H40N6O14P2/c1-19(2)30(40)48-24-10-6-22(7-11-24)16-45-53(43,46-17-23-8-12-25(13-9-23)49-31(41)20(3)4)52-54(44,51-34)47-18-27-26(36-37-33)14-28(50-27)38-15-21(5)29(39)35-32(38)42/h6-13,15,19-20,26-28H,14,16-18H2,1-5,34H3/q+1/p+1/t26-,27+,28+,54?/m0/s1. The maximum Gasteiger partial charge on any atom is 0.502 e. The predicted molar refractivity (Wildman–Crippen MR) is 184 cm³/mol. The molecule has 0 aliphatic carbocycles. The van der Waals surface area contributed by atoms with Crippen molar-refractivity contribution in [3.05, 3.63) is 97.3 Å². The van der Waals surface area contributed by atoms with Crippen LogP contribution >= 0.6 is 16.3 Å². The molecule has 4 atom stereocenters. The Hall–Kier alpha value is -4.22. The molecule has 0 saturated carbocycles. The zero-order valence-electron chi connectivity index (χ0n) is 30.0. The number of nitrogens with one attached hydrogen (secondary N) is 1. The molecule has 1 unspecified atom stereocenters. The summed E-state index contributed by atoms with van der Waals surface area (Å²) in [5, 5.41) is 11.9. The molecule has 0 spiro atoms. The van der Waals surface area contributed by atoms with Crippen LogP contribution in [0.2, 0.25) is 0 Å². The third-order valence-corrected chi connectivity index (χ3v) is 10.9. The number of aromatic amines is 1. The Bertz CT molecular complexity index is 1830. The van der Waals surface area contributed by atoms with Crippen molar-refractivity contribution in [3.63, 3.8) is 0 Å². The van der Waals surface area contributed by atoms with Crippen molar-refractivity contribution in [2.24, 2.45) is 11.8 Å². The third-order valence-electron chi connectivity index (χ3n) is 7.62. The van der Waals surface area contributed by atoms with Gasteiger partial charge in [-0.1, -0.05) is 52.0 Å². The van der Waals surface area contributed by atoms with Crippen molar-refractivity contribution in [3.8, 4) is 11.5 Å². The van der Waals surface area contributed by atoms with E-state index >= 15 is 0 Å². The molecule has 54 heavy (non-hydrogen) atoms. The summed E-state index contributed by atoms with van der Waals surface area (Å²) in [5.74, 6) is 2.06. The van der Waals surface area contributed by atoms with Gasteiger partial charge in [-0.2, -0.15) is 19.5 Å². The summed E-state index contributed by atoms with van der Waals surface area (Å²) in [4.78, 5) is 78.2. The fraction of sp³-hybridized carbons (Fsp3) is 0.438. The van der Waals surface area contributed by atoms with E-state index in [4.69, 9.17) is 42.1 Å². The molecule has 0 amide bonds. The van der Waals surface area contributed by atoms with E-state index in [1.54, 1.807) is 27.7 Å². The number of hydrogen-bond donors (Lipinski definition) is 2. The van der Waals surface area contributed by atoms with Gasteiger partial charge in [0.2, 0.25) is 0 Å². The van der Waals surface area contributed by atoms with Gasteiger partial charge < -0.3 is 24.0 Å². The van der Waals surface area contributed by atoms with Gasteiger partial charge in [-0.3, -0.25) is 23.9 Å². The second-order valence-corrected chi connectivity index (χ2v) is 16.0. The van der Waals surface area contributed by atoms with E-state index in [9.17, 15) is 29.0 Å². The summed E-state index contributed by atoms with van der Waals surface area (Å²) in [6.45, 7) is 6.74. The SMILES string of the molecule is Cc1cn([C@H]2C[C@H]([N][N+]#N)[C@@H](CO[P+]([O-])(O[NH3+])O[P+]([O-])(OCc3ccc(OC(=O)C(C)C)cc3)OCc3ccc(OC(=O)C(C)C)cc3)O2)c(=O)[nH]c1=O. The Morgan fingerprint density at radius 1 is 0.944 bits per heavy atom. The van der Waals surface area contributed by atoms with Crippen molar-refractivity contribution >= 4 is 28.3 Å². The molecular formula is C32H41N6O14P2+2. The fourth-order valence-corrected chi connectivity index (χ4v) is 7.39. The van der Waals surface area contributed by atoms with Crippen LogP contribution in [0.15, 0.2) is 64.3 Å². The lowest BCUT2D eigenvalue weighted by atomic mass is 10.1. The summed E-state index contributed by atoms with van der Waals surface area (Å²) in [6, 6.07) is 11.1. The summed E-state index contributed by atoms with van der Waals surface area (Å²) >= 11 is 0. The lowest BCUT2D eigenvalue weighted by molar-refractivity contribution is -0.655. The molecular weight excluding hydrogens is 754 g/mol. The molecule has 3 aromatic rings. The first-order chi connectivity index (χ1) is 25.5. The number of hydrogen-bond acceptors (Lipinski definition) is 15. The third kappa shape index (κ3) is 11.9. The van der Waals surface area contributed by atoms with Crippen LogP contribution in [0.4, 0.5) is 0 Å². The minimum atomic E-state index is -4.91. The van der Waals surface area contributed by atoms with E-state index in [2.05, 4.69) is 21.4 Å². The average Bonchev–Trinajstić information content (AvgIpc) is 3.54. The molecule has 1 aliphatic heterocycles. The van der Waals surface area contributed by atoms with Crippen LogP contribution in [-0.2, 0) is 50.0 Å². The lowest BCUT2D eigenvalue weighted by Gasteiger charge is -2.28. The molecule has 4 N–H and O–H groups in total. The quantitative estimate of drug-likeness (QED) is 0.0610. The van der Waals surface area contributed by atoms with Gasteiger partial charge in [0.1, 0.15) is 49.1 Å². The normalized spacial score (nSPS) is 18.3. The largest absolute Gasteiger partial charge is 0.602 e. The number of carbonyl (C=O) groups excluding carboxylic acids is 2. The minimum Gasteiger partial charge on any atom is -0.602 e. The van der Waals surface area contributed by atoms with Gasteiger partial charge in [0.25, 0.3) is 11.0 Å². The molecule has 0 bridgehead atoms. The van der Waals surface area contributed by atoms with E-state index in [1.807, 2.05) is 0 Å². The van der Waals surface area contributed by atoms with E-state index in [-0.39, 0.29) is 35.3 Å². The van der Waals surface area contributed by atoms with E-state index in [0.29, 0.717) is 11.1 Å². The number of aryl methyl sites for hydroxylation is 1. The van der Waals surface area contributed by atoms with Crippen LogP contribution in [0.25, 0.3) is 5.08 Å². The van der Waals surface area contributed by atoms with Crippen LogP contribution in [0.3, 0.4) is 0 Å². The highest BCUT2D eigenvalue weighted by Crippen LogP contribution is 2.70. The van der Waals surface area contributed by atoms with Gasteiger partial charge in [0.05, 0.1) is 11.8 Å². The number of nitrogens with zero attached hydrogens (tertiary/aromatic N) is 4. The Labute approximate surface area is 310 Å². The molecule has 1 aliphatic rings. The molecule has 4 rings (SSSR count). The molecule has 2 heterocycles. The number of H-pyrrole nitrogens is 1. The molecule has 1 radical (unpaired) electrons. The van der Waals surface area contributed by atoms with Gasteiger partial charge in [0, 0.05) is 27.1 Å². The van der Waals surface area contributed by atoms with Gasteiger partial charge in [-0.05, 0) is 42.3 Å². The number of quaternary nitrogens is 1. The fourth-order valence-electron chi connectivity index (χ4n) is 4.56. The van der Waals surface area contributed by atoms with Gasteiger partial charge in [-0.25, -0.2) is 4.79 Å². The Kier molecular flexibility index (Phi) is 14.9. The first-order valence-corrected chi connectivity index (χ1v) is 19.4. The molecule has 1 fully saturated rings. The minimum absolute atomic E-state index is 0.0322. The lowest BCUT2D eigenvalue weighted by Crippen LogP contribution is -2.51. The van der Waals surface area contributed by atoms with Crippen LogP contribution in [0.1, 0.15) is 57.0 Å². The zero-order valence-corrected chi connectivity index (χ0v) is 31.8. The maximum absolute atomic E-state index is 14.1. The van der Waals surface area contributed by atoms with Crippen molar-refractivity contribution in [2.45, 2.75) is 72.6 Å². The number of phosphoric ester groups is 1. The van der Waals surface area contributed by atoms with Crippen molar-refractivity contribution < 1.29 is 62.0 Å². The van der Waals surface area contributed by atoms with Gasteiger partial charge in [0.15, 0.2) is 6.04 Å². The van der Waals surface area contributed by atoms with Crippen molar-refractivity contribution in [2.75, 3.05) is 6.61 Å². The number of aromatic nitrogens is 2. The number of rotatable bonds is 18. The Morgan fingerprint density at radius 2 is 1.46 bits per heavy atom. The zero-order chi connectivity index (χ0) is 39.6. The predicted octanol–water partition coefficient (Wildman–Crippen LogP) is 1.71. The molecule has 291 valence electrons. The highest BCUT2D eigenvalue weighted by molar-refractivity contribution is 7.67. The molecule has 1 aromatic heterocycles. The van der Waals surface area contributed by atoms with E-state index < -0.39 is 77.7 Å². The molecule has 2 aromatic carbocycles. The summed E-state index contributed by atoms with van der Waals surface area (Å²) in [5.41, 5.74) is 3.37. The molecule has 22 heteroatoms. The van der Waals surface area contributed by atoms with Crippen LogP contribution in [-0.4, -0.2) is 40.2 Å². The number of carbonyl (C=O) groups is 2. The topological polar surface area (TPSA) is 279 Å². The number of phosphoric acid groups is 2. The highest BCUT2D eigenvalue weighted by atomic mass is 31.3. The van der Waals surface area contributed by atoms with Crippen LogP contribution in [0, 0.1) is 24.2 Å². The van der Waals surface area contributed by atoms with Crippen LogP contribution in [0.5, 0.6) is 11.5 Å². The molecule has 1 saturated heterocycles. The average molecular weight is 796 g/mol. The first kappa shape index (κ1) is 42.5.